The van der Waals surface area contributed by atoms with Crippen LogP contribution in [-0.2, 0) is 17.1 Å². The Kier molecular flexibility index (Phi) is 5.95. The molecule has 1 heterocycles. The van der Waals surface area contributed by atoms with Crippen LogP contribution in [0.2, 0.25) is 0 Å². The Labute approximate surface area is 175 Å². The van der Waals surface area contributed by atoms with E-state index < -0.39 is 15.9 Å². The molecule has 0 unspecified atom stereocenters. The van der Waals surface area contributed by atoms with Crippen LogP contribution in [0, 0.1) is 13.8 Å². The molecule has 0 aliphatic heterocycles. The first-order valence-corrected chi connectivity index (χ1v) is 10.9. The van der Waals surface area contributed by atoms with E-state index in [-0.39, 0.29) is 28.3 Å². The lowest BCUT2D eigenvalue weighted by Gasteiger charge is -2.10. The molecule has 0 bridgehead atoms. The van der Waals surface area contributed by atoms with Crippen molar-refractivity contribution in [3.05, 3.63) is 75.7 Å². The van der Waals surface area contributed by atoms with Crippen molar-refractivity contribution in [1.29, 1.82) is 0 Å². The van der Waals surface area contributed by atoms with Gasteiger partial charge in [-0.3, -0.25) is 14.3 Å². The molecule has 158 valence electrons. The predicted molar refractivity (Wildman–Crippen MR) is 116 cm³/mol. The minimum Gasteiger partial charge on any atom is -0.316 e. The Morgan fingerprint density at radius 2 is 1.73 bits per heavy atom. The van der Waals surface area contributed by atoms with E-state index in [4.69, 9.17) is 0 Å². The molecule has 8 nitrogen and oxygen atoms in total. The number of rotatable bonds is 6. The number of amides is 1. The Bertz CT molecular complexity index is 1260. The number of para-hydroxylation sites is 1. The predicted octanol–water partition coefficient (Wildman–Crippen LogP) is 2.34. The maximum atomic E-state index is 13.0. The summed E-state index contributed by atoms with van der Waals surface area (Å²) in [5.74, 6) is -0.549. The fraction of sp³-hybridized carbons (Fsp3) is 0.238. The van der Waals surface area contributed by atoms with Crippen molar-refractivity contribution >= 4 is 21.6 Å². The summed E-state index contributed by atoms with van der Waals surface area (Å²) in [7, 11) is -1.98. The van der Waals surface area contributed by atoms with Crippen molar-refractivity contribution in [2.24, 2.45) is 7.05 Å². The van der Waals surface area contributed by atoms with Crippen molar-refractivity contribution in [3.63, 3.8) is 0 Å². The highest BCUT2D eigenvalue weighted by molar-refractivity contribution is 7.89. The first kappa shape index (κ1) is 21.5. The van der Waals surface area contributed by atoms with Gasteiger partial charge < -0.3 is 5.32 Å². The van der Waals surface area contributed by atoms with E-state index in [2.05, 4.69) is 10.0 Å². The largest absolute Gasteiger partial charge is 0.316 e. The standard InChI is InChI=1S/C21H24N4O4S/c1-5-22-30(28,29)17-12-11-14(2)18(13-17)20(26)23-19-15(3)24(4)25(21(19)27)16-9-7-6-8-10-16/h6-13,22H,5H2,1-4H3,(H,23,26). The van der Waals surface area contributed by atoms with E-state index in [1.54, 1.807) is 50.7 Å². The molecule has 0 saturated heterocycles. The van der Waals surface area contributed by atoms with Crippen LogP contribution >= 0.6 is 0 Å². The molecule has 3 rings (SSSR count). The van der Waals surface area contributed by atoms with E-state index in [0.29, 0.717) is 16.9 Å². The van der Waals surface area contributed by atoms with Gasteiger partial charge in [0.25, 0.3) is 11.5 Å². The topological polar surface area (TPSA) is 102 Å². The fourth-order valence-corrected chi connectivity index (χ4v) is 4.25. The molecular formula is C21H24N4O4S. The summed E-state index contributed by atoms with van der Waals surface area (Å²) in [6.45, 7) is 5.35. The zero-order chi connectivity index (χ0) is 22.1. The highest BCUT2D eigenvalue weighted by atomic mass is 32.2. The summed E-state index contributed by atoms with van der Waals surface area (Å²) in [6.07, 6.45) is 0. The number of carbonyl (C=O) groups is 1. The minimum absolute atomic E-state index is 0.00780. The molecule has 0 spiro atoms. The number of hydrogen-bond donors (Lipinski definition) is 2. The van der Waals surface area contributed by atoms with Gasteiger partial charge in [-0.25, -0.2) is 17.8 Å². The normalized spacial score (nSPS) is 11.5. The summed E-state index contributed by atoms with van der Waals surface area (Å²) >= 11 is 0. The zero-order valence-electron chi connectivity index (χ0n) is 17.3. The van der Waals surface area contributed by atoms with Crippen molar-refractivity contribution in [3.8, 4) is 5.69 Å². The number of carbonyl (C=O) groups excluding carboxylic acids is 1. The van der Waals surface area contributed by atoms with Gasteiger partial charge in [-0.2, -0.15) is 0 Å². The van der Waals surface area contributed by atoms with Gasteiger partial charge in [0.15, 0.2) is 0 Å². The average molecular weight is 429 g/mol. The quantitative estimate of drug-likeness (QED) is 0.629. The lowest BCUT2D eigenvalue weighted by atomic mass is 10.1. The molecule has 0 aliphatic rings. The number of anilines is 1. The minimum atomic E-state index is -3.71. The fourth-order valence-electron chi connectivity index (χ4n) is 3.18. The molecule has 2 N–H and O–H groups in total. The molecular weight excluding hydrogens is 404 g/mol. The van der Waals surface area contributed by atoms with Crippen LogP contribution in [0.1, 0.15) is 28.5 Å². The van der Waals surface area contributed by atoms with Gasteiger partial charge >= 0.3 is 0 Å². The molecule has 0 atom stereocenters. The van der Waals surface area contributed by atoms with Crippen molar-refractivity contribution < 1.29 is 13.2 Å². The molecule has 3 aromatic rings. The SMILES string of the molecule is CCNS(=O)(=O)c1ccc(C)c(C(=O)Nc2c(C)n(C)n(-c3ccccc3)c2=O)c1. The summed E-state index contributed by atoms with van der Waals surface area (Å²) < 4.78 is 30.1. The number of sulfonamides is 1. The van der Waals surface area contributed by atoms with Gasteiger partial charge in [0.1, 0.15) is 5.69 Å². The number of aromatic nitrogens is 2. The maximum Gasteiger partial charge on any atom is 0.295 e. The van der Waals surface area contributed by atoms with Crippen molar-refractivity contribution in [2.45, 2.75) is 25.7 Å². The Morgan fingerprint density at radius 3 is 2.37 bits per heavy atom. The Morgan fingerprint density at radius 1 is 1.07 bits per heavy atom. The third kappa shape index (κ3) is 3.94. The molecule has 1 aromatic heterocycles. The smallest absolute Gasteiger partial charge is 0.295 e. The monoisotopic (exact) mass is 428 g/mol. The van der Waals surface area contributed by atoms with E-state index in [1.165, 1.54) is 16.8 Å². The van der Waals surface area contributed by atoms with E-state index in [1.807, 2.05) is 18.2 Å². The average Bonchev–Trinajstić information content (AvgIpc) is 2.92. The second kappa shape index (κ2) is 8.29. The van der Waals surface area contributed by atoms with Crippen LogP contribution in [-0.4, -0.2) is 30.2 Å². The molecule has 1 amide bonds. The second-order valence-corrected chi connectivity index (χ2v) is 8.64. The van der Waals surface area contributed by atoms with Crippen LogP contribution in [0.15, 0.2) is 58.2 Å². The van der Waals surface area contributed by atoms with Gasteiger partial charge in [-0.15, -0.1) is 0 Å². The van der Waals surface area contributed by atoms with Gasteiger partial charge in [0.2, 0.25) is 10.0 Å². The summed E-state index contributed by atoms with van der Waals surface area (Å²) in [6, 6.07) is 13.4. The molecule has 9 heteroatoms. The lowest BCUT2D eigenvalue weighted by molar-refractivity contribution is 0.102. The van der Waals surface area contributed by atoms with Gasteiger partial charge in [0.05, 0.1) is 16.3 Å². The maximum absolute atomic E-state index is 13.0. The highest BCUT2D eigenvalue weighted by Crippen LogP contribution is 2.19. The number of aryl methyl sites for hydroxylation is 1. The lowest BCUT2D eigenvalue weighted by Crippen LogP contribution is -2.25. The van der Waals surface area contributed by atoms with Gasteiger partial charge in [-0.05, 0) is 43.7 Å². The molecule has 0 radical (unpaired) electrons. The summed E-state index contributed by atoms with van der Waals surface area (Å²) in [5, 5.41) is 2.67. The highest BCUT2D eigenvalue weighted by Gasteiger charge is 2.21. The first-order valence-electron chi connectivity index (χ1n) is 9.43. The zero-order valence-corrected chi connectivity index (χ0v) is 18.1. The molecule has 0 fully saturated rings. The van der Waals surface area contributed by atoms with Crippen LogP contribution in [0.4, 0.5) is 5.69 Å². The molecule has 0 aliphatic carbocycles. The van der Waals surface area contributed by atoms with E-state index in [9.17, 15) is 18.0 Å². The number of nitrogens with one attached hydrogen (secondary N) is 2. The Balaban J connectivity index is 2.01. The summed E-state index contributed by atoms with van der Waals surface area (Å²) in [4.78, 5) is 25.9. The van der Waals surface area contributed by atoms with Crippen LogP contribution < -0.4 is 15.6 Å². The van der Waals surface area contributed by atoms with Gasteiger partial charge in [-0.1, -0.05) is 31.2 Å². The van der Waals surface area contributed by atoms with Crippen LogP contribution in [0.25, 0.3) is 5.69 Å². The third-order valence-corrected chi connectivity index (χ3v) is 6.43. The molecule has 30 heavy (non-hydrogen) atoms. The van der Waals surface area contributed by atoms with Crippen molar-refractivity contribution in [2.75, 3.05) is 11.9 Å². The van der Waals surface area contributed by atoms with Crippen LogP contribution in [0.3, 0.4) is 0 Å². The second-order valence-electron chi connectivity index (χ2n) is 6.87. The van der Waals surface area contributed by atoms with Crippen LogP contribution in [0.5, 0.6) is 0 Å². The number of hydrogen-bond acceptors (Lipinski definition) is 4. The number of benzene rings is 2. The first-order chi connectivity index (χ1) is 14.2. The third-order valence-electron chi connectivity index (χ3n) is 4.89. The van der Waals surface area contributed by atoms with Gasteiger partial charge in [0, 0.05) is 19.2 Å². The number of nitrogens with zero attached hydrogens (tertiary/aromatic N) is 2. The van der Waals surface area contributed by atoms with E-state index >= 15 is 0 Å². The van der Waals surface area contributed by atoms with E-state index in [0.717, 1.165) is 0 Å². The Hall–Kier alpha value is -3.17. The molecule has 2 aromatic carbocycles. The van der Waals surface area contributed by atoms with Crippen molar-refractivity contribution in [1.82, 2.24) is 14.1 Å². The summed E-state index contributed by atoms with van der Waals surface area (Å²) in [5.41, 5.74) is 1.80. The molecule has 0 saturated carbocycles.